The van der Waals surface area contributed by atoms with E-state index in [-0.39, 0.29) is 24.8 Å². The fourth-order valence-corrected chi connectivity index (χ4v) is 1.98. The second kappa shape index (κ2) is 3.94. The minimum Gasteiger partial charge on any atom is -0.326 e. The third kappa shape index (κ3) is 2.00. The molecule has 0 aromatic heterocycles. The molecule has 1 spiro atoms. The Labute approximate surface area is 80.1 Å². The van der Waals surface area contributed by atoms with Gasteiger partial charge in [-0.15, -0.1) is 24.8 Å². The summed E-state index contributed by atoms with van der Waals surface area (Å²) >= 11 is 0. The van der Waals surface area contributed by atoms with Crippen molar-refractivity contribution in [2.75, 3.05) is 6.54 Å². The maximum absolute atomic E-state index is 5.76. The molecule has 1 aliphatic carbocycles. The lowest BCUT2D eigenvalue weighted by Crippen LogP contribution is -2.45. The third-order valence-electron chi connectivity index (χ3n) is 2.70. The Bertz CT molecular complexity index is 126. The van der Waals surface area contributed by atoms with Crippen LogP contribution < -0.4 is 11.1 Å². The smallest absolute Gasteiger partial charge is 0.0197 e. The van der Waals surface area contributed by atoms with Crippen LogP contribution in [0.5, 0.6) is 0 Å². The topological polar surface area (TPSA) is 38.0 Å². The van der Waals surface area contributed by atoms with Crippen LogP contribution in [0, 0.1) is 0 Å². The summed E-state index contributed by atoms with van der Waals surface area (Å²) in [7, 11) is 0. The zero-order valence-corrected chi connectivity index (χ0v) is 8.14. The lowest BCUT2D eigenvalue weighted by atomic mass is 9.75. The maximum Gasteiger partial charge on any atom is 0.0197 e. The van der Waals surface area contributed by atoms with E-state index in [2.05, 4.69) is 5.32 Å². The minimum absolute atomic E-state index is 0. The molecule has 2 fully saturated rings. The summed E-state index contributed by atoms with van der Waals surface area (Å²) in [6, 6.07) is 0.435. The van der Waals surface area contributed by atoms with Crippen molar-refractivity contribution in [2.45, 2.75) is 37.3 Å². The summed E-state index contributed by atoms with van der Waals surface area (Å²) < 4.78 is 0. The monoisotopic (exact) mass is 198 g/mol. The number of nitrogens with two attached hydrogens (primary N) is 1. The Kier molecular flexibility index (Phi) is 4.12. The molecule has 2 rings (SSSR count). The highest BCUT2D eigenvalue weighted by molar-refractivity contribution is 5.85. The molecule has 0 radical (unpaired) electrons. The van der Waals surface area contributed by atoms with Gasteiger partial charge in [-0.1, -0.05) is 0 Å². The van der Waals surface area contributed by atoms with Gasteiger partial charge in [0.1, 0.15) is 0 Å². The summed E-state index contributed by atoms with van der Waals surface area (Å²) in [4.78, 5) is 0. The Morgan fingerprint density at radius 3 is 2.09 bits per heavy atom. The predicted octanol–water partition coefficient (Wildman–Crippen LogP) is 1.07. The molecular formula is C7H16Cl2N2. The van der Waals surface area contributed by atoms with Crippen LogP contribution in [-0.4, -0.2) is 18.1 Å². The number of nitrogens with one attached hydrogen (secondary N) is 1. The molecule has 1 aliphatic heterocycles. The quantitative estimate of drug-likeness (QED) is 0.612. The summed E-state index contributed by atoms with van der Waals surface area (Å²) in [6.07, 6.45) is 5.34. The SMILES string of the molecule is Cl.Cl.NC1CNC2(CCC2)C1. The lowest BCUT2D eigenvalue weighted by Gasteiger charge is -2.38. The van der Waals surface area contributed by atoms with Gasteiger partial charge in [0.05, 0.1) is 0 Å². The normalized spacial score (nSPS) is 31.9. The molecule has 1 saturated heterocycles. The van der Waals surface area contributed by atoms with Crippen LogP contribution in [0.2, 0.25) is 0 Å². The van der Waals surface area contributed by atoms with Crippen LogP contribution >= 0.6 is 24.8 Å². The molecule has 2 aliphatic rings. The molecule has 4 heteroatoms. The molecule has 1 atom stereocenters. The van der Waals surface area contributed by atoms with Crippen molar-refractivity contribution in [3.8, 4) is 0 Å². The first kappa shape index (κ1) is 11.5. The van der Waals surface area contributed by atoms with Gasteiger partial charge in [0, 0.05) is 18.1 Å². The van der Waals surface area contributed by atoms with Gasteiger partial charge in [-0.25, -0.2) is 0 Å². The molecule has 0 aromatic carbocycles. The number of halogens is 2. The molecule has 1 unspecified atom stereocenters. The van der Waals surface area contributed by atoms with Crippen molar-refractivity contribution in [3.05, 3.63) is 0 Å². The van der Waals surface area contributed by atoms with E-state index in [1.807, 2.05) is 0 Å². The molecule has 0 amide bonds. The minimum atomic E-state index is 0. The van der Waals surface area contributed by atoms with E-state index in [1.54, 1.807) is 0 Å². The highest BCUT2D eigenvalue weighted by Crippen LogP contribution is 2.38. The zero-order valence-electron chi connectivity index (χ0n) is 6.51. The average molecular weight is 199 g/mol. The van der Waals surface area contributed by atoms with E-state index in [0.717, 1.165) is 6.54 Å². The van der Waals surface area contributed by atoms with E-state index >= 15 is 0 Å². The van der Waals surface area contributed by atoms with Crippen molar-refractivity contribution in [3.63, 3.8) is 0 Å². The molecule has 11 heavy (non-hydrogen) atoms. The van der Waals surface area contributed by atoms with Crippen molar-refractivity contribution in [1.29, 1.82) is 0 Å². The zero-order chi connectivity index (χ0) is 6.32. The Hall–Kier alpha value is 0.500. The van der Waals surface area contributed by atoms with Gasteiger partial charge in [0.25, 0.3) is 0 Å². The van der Waals surface area contributed by atoms with Gasteiger partial charge >= 0.3 is 0 Å². The first-order valence-electron chi connectivity index (χ1n) is 3.81. The molecule has 0 bridgehead atoms. The van der Waals surface area contributed by atoms with E-state index < -0.39 is 0 Å². The molecule has 0 aromatic rings. The fraction of sp³-hybridized carbons (Fsp3) is 1.00. The van der Waals surface area contributed by atoms with Crippen molar-refractivity contribution in [2.24, 2.45) is 5.73 Å². The average Bonchev–Trinajstić information content (AvgIpc) is 2.09. The van der Waals surface area contributed by atoms with Gasteiger partial charge in [-0.2, -0.15) is 0 Å². The number of rotatable bonds is 0. The summed E-state index contributed by atoms with van der Waals surface area (Å²) in [6.45, 7) is 1.04. The third-order valence-corrected chi connectivity index (χ3v) is 2.70. The van der Waals surface area contributed by atoms with Crippen LogP contribution in [0.4, 0.5) is 0 Å². The molecule has 68 valence electrons. The van der Waals surface area contributed by atoms with Crippen molar-refractivity contribution >= 4 is 24.8 Å². The maximum atomic E-state index is 5.76. The Morgan fingerprint density at radius 1 is 1.27 bits per heavy atom. The lowest BCUT2D eigenvalue weighted by molar-refractivity contribution is 0.214. The van der Waals surface area contributed by atoms with Crippen LogP contribution in [0.3, 0.4) is 0 Å². The van der Waals surface area contributed by atoms with Crippen molar-refractivity contribution < 1.29 is 0 Å². The molecular weight excluding hydrogens is 183 g/mol. The standard InChI is InChI=1S/C7H14N2.2ClH/c8-6-4-7(9-5-6)2-1-3-7;;/h6,9H,1-5,8H2;2*1H. The highest BCUT2D eigenvalue weighted by atomic mass is 35.5. The van der Waals surface area contributed by atoms with E-state index in [4.69, 9.17) is 5.73 Å². The van der Waals surface area contributed by atoms with Gasteiger partial charge < -0.3 is 11.1 Å². The van der Waals surface area contributed by atoms with Gasteiger partial charge in [0.15, 0.2) is 0 Å². The first-order valence-corrected chi connectivity index (χ1v) is 3.81. The highest BCUT2D eigenvalue weighted by Gasteiger charge is 2.41. The van der Waals surface area contributed by atoms with Crippen LogP contribution in [0.15, 0.2) is 0 Å². The fourth-order valence-electron chi connectivity index (χ4n) is 1.98. The van der Waals surface area contributed by atoms with Crippen molar-refractivity contribution in [1.82, 2.24) is 5.32 Å². The van der Waals surface area contributed by atoms with E-state index in [0.29, 0.717) is 11.6 Å². The molecule has 1 saturated carbocycles. The summed E-state index contributed by atoms with van der Waals surface area (Å²) in [5.41, 5.74) is 6.27. The molecule has 3 N–H and O–H groups in total. The Balaban J connectivity index is 0.000000500. The van der Waals surface area contributed by atoms with Crippen LogP contribution in [0.25, 0.3) is 0 Å². The van der Waals surface area contributed by atoms with Gasteiger partial charge in [0.2, 0.25) is 0 Å². The van der Waals surface area contributed by atoms with Gasteiger partial charge in [-0.3, -0.25) is 0 Å². The second-order valence-corrected chi connectivity index (χ2v) is 3.48. The number of hydrogen-bond acceptors (Lipinski definition) is 2. The van der Waals surface area contributed by atoms with Crippen LogP contribution in [0.1, 0.15) is 25.7 Å². The predicted molar refractivity (Wildman–Crippen MR) is 51.7 cm³/mol. The number of hydrogen-bond donors (Lipinski definition) is 2. The largest absolute Gasteiger partial charge is 0.326 e. The van der Waals surface area contributed by atoms with Crippen LogP contribution in [-0.2, 0) is 0 Å². The van der Waals surface area contributed by atoms with Gasteiger partial charge in [-0.05, 0) is 25.7 Å². The first-order chi connectivity index (χ1) is 4.31. The summed E-state index contributed by atoms with van der Waals surface area (Å²) in [5, 5.41) is 3.49. The Morgan fingerprint density at radius 2 is 1.91 bits per heavy atom. The van der Waals surface area contributed by atoms with E-state index in [1.165, 1.54) is 25.7 Å². The second-order valence-electron chi connectivity index (χ2n) is 3.48. The molecule has 1 heterocycles. The summed E-state index contributed by atoms with van der Waals surface area (Å²) in [5.74, 6) is 0. The van der Waals surface area contributed by atoms with E-state index in [9.17, 15) is 0 Å². The molecule has 2 nitrogen and oxygen atoms in total.